The molecule has 3 nitrogen and oxygen atoms in total. The van der Waals surface area contributed by atoms with Crippen LogP contribution in [-0.2, 0) is 4.79 Å². The van der Waals surface area contributed by atoms with Crippen LogP contribution in [0.5, 0.6) is 0 Å². The predicted octanol–water partition coefficient (Wildman–Crippen LogP) is 2.44. The van der Waals surface area contributed by atoms with Crippen LogP contribution in [0.4, 0.5) is 0 Å². The molecule has 1 unspecified atom stereocenters. The van der Waals surface area contributed by atoms with E-state index in [-0.39, 0.29) is 5.91 Å². The van der Waals surface area contributed by atoms with Crippen molar-refractivity contribution in [2.24, 2.45) is 5.92 Å². The molecule has 4 heteroatoms. The largest absolute Gasteiger partial charge is 0.340 e. The number of hydrogen-bond acceptors (Lipinski definition) is 2. The van der Waals surface area contributed by atoms with Gasteiger partial charge < -0.3 is 9.80 Å². The summed E-state index contributed by atoms with van der Waals surface area (Å²) >= 11 is 5.88. The number of likely N-dealkylation sites (N-methyl/N-ethyl adjacent to an activating group) is 1. The molecule has 0 aromatic carbocycles. The molecule has 0 radical (unpaired) electrons. The van der Waals surface area contributed by atoms with E-state index in [1.807, 2.05) is 4.90 Å². The summed E-state index contributed by atoms with van der Waals surface area (Å²) in [5.74, 6) is 0.526. The standard InChI is InChI=1S/C13H27ClN2O/c1-6-15(7-2)8-9-16(10-11(3)4)13(17)12(5)14/h11-12H,6-10H2,1-5H3. The minimum Gasteiger partial charge on any atom is -0.340 e. The van der Waals surface area contributed by atoms with Crippen molar-refractivity contribution in [2.75, 3.05) is 32.7 Å². The Balaban J connectivity index is 4.33. The highest BCUT2D eigenvalue weighted by Crippen LogP contribution is 2.06. The molecule has 0 aliphatic heterocycles. The van der Waals surface area contributed by atoms with Crippen LogP contribution in [-0.4, -0.2) is 53.8 Å². The molecular formula is C13H27ClN2O. The molecule has 0 N–H and O–H groups in total. The predicted molar refractivity (Wildman–Crippen MR) is 74.5 cm³/mol. The molecule has 0 aromatic heterocycles. The van der Waals surface area contributed by atoms with Crippen LogP contribution < -0.4 is 0 Å². The van der Waals surface area contributed by atoms with E-state index in [9.17, 15) is 4.79 Å². The second-order valence-corrected chi connectivity index (χ2v) is 5.48. The van der Waals surface area contributed by atoms with Gasteiger partial charge in [-0.15, -0.1) is 11.6 Å². The van der Waals surface area contributed by atoms with Crippen LogP contribution in [0.25, 0.3) is 0 Å². The lowest BCUT2D eigenvalue weighted by molar-refractivity contribution is -0.131. The summed E-state index contributed by atoms with van der Waals surface area (Å²) in [7, 11) is 0. The molecular weight excluding hydrogens is 236 g/mol. The molecule has 1 atom stereocenters. The van der Waals surface area contributed by atoms with E-state index >= 15 is 0 Å². The summed E-state index contributed by atoms with van der Waals surface area (Å²) in [5.41, 5.74) is 0. The van der Waals surface area contributed by atoms with E-state index in [1.165, 1.54) is 0 Å². The maximum absolute atomic E-state index is 11.9. The van der Waals surface area contributed by atoms with Crippen LogP contribution in [0, 0.1) is 5.92 Å². The zero-order valence-corrected chi connectivity index (χ0v) is 12.6. The van der Waals surface area contributed by atoms with Crippen molar-refractivity contribution in [3.63, 3.8) is 0 Å². The van der Waals surface area contributed by atoms with Crippen LogP contribution in [0.2, 0.25) is 0 Å². The fraction of sp³-hybridized carbons (Fsp3) is 0.923. The van der Waals surface area contributed by atoms with Crippen molar-refractivity contribution in [3.05, 3.63) is 0 Å². The van der Waals surface area contributed by atoms with E-state index in [4.69, 9.17) is 11.6 Å². The third-order valence-electron chi connectivity index (χ3n) is 2.82. The first-order valence-corrected chi connectivity index (χ1v) is 7.01. The third-order valence-corrected chi connectivity index (χ3v) is 3.00. The van der Waals surface area contributed by atoms with Gasteiger partial charge in [-0.05, 0) is 25.9 Å². The molecule has 0 rings (SSSR count). The summed E-state index contributed by atoms with van der Waals surface area (Å²) in [6.07, 6.45) is 0. The SMILES string of the molecule is CCN(CC)CCN(CC(C)C)C(=O)C(C)Cl. The van der Waals surface area contributed by atoms with Crippen molar-refractivity contribution in [3.8, 4) is 0 Å². The van der Waals surface area contributed by atoms with Gasteiger partial charge in [-0.25, -0.2) is 0 Å². The highest BCUT2D eigenvalue weighted by atomic mass is 35.5. The van der Waals surface area contributed by atoms with Gasteiger partial charge in [-0.2, -0.15) is 0 Å². The third kappa shape index (κ3) is 6.89. The summed E-state index contributed by atoms with van der Waals surface area (Å²) in [6, 6.07) is 0. The lowest BCUT2D eigenvalue weighted by atomic mass is 10.2. The van der Waals surface area contributed by atoms with E-state index in [2.05, 4.69) is 32.6 Å². The van der Waals surface area contributed by atoms with Gasteiger partial charge >= 0.3 is 0 Å². The molecule has 0 bridgehead atoms. The minimum absolute atomic E-state index is 0.0486. The minimum atomic E-state index is -0.426. The topological polar surface area (TPSA) is 23.6 Å². The first-order chi connectivity index (χ1) is 7.92. The van der Waals surface area contributed by atoms with Crippen molar-refractivity contribution in [1.82, 2.24) is 9.80 Å². The molecule has 0 aliphatic carbocycles. The van der Waals surface area contributed by atoms with Crippen LogP contribution in [0.15, 0.2) is 0 Å². The molecule has 0 spiro atoms. The Morgan fingerprint density at radius 1 is 1.12 bits per heavy atom. The van der Waals surface area contributed by atoms with Gasteiger partial charge in [0.1, 0.15) is 5.38 Å². The van der Waals surface area contributed by atoms with E-state index in [0.29, 0.717) is 5.92 Å². The average molecular weight is 263 g/mol. The zero-order chi connectivity index (χ0) is 13.4. The van der Waals surface area contributed by atoms with E-state index < -0.39 is 5.38 Å². The maximum Gasteiger partial charge on any atom is 0.240 e. The summed E-state index contributed by atoms with van der Waals surface area (Å²) in [5, 5.41) is -0.426. The van der Waals surface area contributed by atoms with Gasteiger partial charge in [-0.3, -0.25) is 4.79 Å². The highest BCUT2D eigenvalue weighted by Gasteiger charge is 2.19. The fourth-order valence-corrected chi connectivity index (χ4v) is 1.92. The van der Waals surface area contributed by atoms with Crippen LogP contribution in [0.1, 0.15) is 34.6 Å². The normalized spacial score (nSPS) is 13.2. The molecule has 17 heavy (non-hydrogen) atoms. The first kappa shape index (κ1) is 16.7. The number of halogens is 1. The van der Waals surface area contributed by atoms with Crippen molar-refractivity contribution in [1.29, 1.82) is 0 Å². The molecule has 0 heterocycles. The Kier molecular flexibility index (Phi) is 8.61. The van der Waals surface area contributed by atoms with Crippen molar-refractivity contribution in [2.45, 2.75) is 40.0 Å². The zero-order valence-electron chi connectivity index (χ0n) is 11.9. The van der Waals surface area contributed by atoms with Gasteiger partial charge in [0, 0.05) is 19.6 Å². The lowest BCUT2D eigenvalue weighted by Gasteiger charge is -2.28. The maximum atomic E-state index is 11.9. The number of amides is 1. The number of carbonyl (C=O) groups excluding carboxylic acids is 1. The van der Waals surface area contributed by atoms with Gasteiger partial charge in [0.2, 0.25) is 5.91 Å². The number of hydrogen-bond donors (Lipinski definition) is 0. The smallest absolute Gasteiger partial charge is 0.240 e. The lowest BCUT2D eigenvalue weighted by Crippen LogP contribution is -2.43. The highest BCUT2D eigenvalue weighted by molar-refractivity contribution is 6.30. The van der Waals surface area contributed by atoms with Crippen LogP contribution in [0.3, 0.4) is 0 Å². The van der Waals surface area contributed by atoms with E-state index in [1.54, 1.807) is 6.92 Å². The molecule has 102 valence electrons. The number of carbonyl (C=O) groups is 1. The molecule has 0 fully saturated rings. The average Bonchev–Trinajstić information content (AvgIpc) is 2.27. The Hall–Kier alpha value is -0.280. The molecule has 1 amide bonds. The van der Waals surface area contributed by atoms with Gasteiger partial charge in [0.25, 0.3) is 0 Å². The Bertz CT molecular complexity index is 215. The van der Waals surface area contributed by atoms with Crippen LogP contribution >= 0.6 is 11.6 Å². The van der Waals surface area contributed by atoms with Crippen molar-refractivity contribution < 1.29 is 4.79 Å². The summed E-state index contributed by atoms with van der Waals surface area (Å²) in [4.78, 5) is 16.2. The quantitative estimate of drug-likeness (QED) is 0.628. The Morgan fingerprint density at radius 2 is 1.65 bits per heavy atom. The number of rotatable bonds is 8. The summed E-state index contributed by atoms with van der Waals surface area (Å²) in [6.45, 7) is 14.8. The first-order valence-electron chi connectivity index (χ1n) is 6.57. The molecule has 0 saturated heterocycles. The monoisotopic (exact) mass is 262 g/mol. The second-order valence-electron chi connectivity index (χ2n) is 4.82. The second kappa shape index (κ2) is 8.76. The van der Waals surface area contributed by atoms with Gasteiger partial charge in [0.05, 0.1) is 0 Å². The molecule has 0 aliphatic rings. The number of alkyl halides is 1. The van der Waals surface area contributed by atoms with E-state index in [0.717, 1.165) is 32.7 Å². The molecule has 0 saturated carbocycles. The van der Waals surface area contributed by atoms with Gasteiger partial charge in [0.15, 0.2) is 0 Å². The Labute approximate surface area is 111 Å². The molecule has 0 aromatic rings. The summed E-state index contributed by atoms with van der Waals surface area (Å²) < 4.78 is 0. The number of nitrogens with zero attached hydrogens (tertiary/aromatic N) is 2. The Morgan fingerprint density at radius 3 is 2.00 bits per heavy atom. The van der Waals surface area contributed by atoms with Gasteiger partial charge in [-0.1, -0.05) is 27.7 Å². The fourth-order valence-electron chi connectivity index (χ4n) is 1.79. The van der Waals surface area contributed by atoms with Crippen molar-refractivity contribution >= 4 is 17.5 Å².